The lowest BCUT2D eigenvalue weighted by atomic mass is 9.89. The van der Waals surface area contributed by atoms with Crippen molar-refractivity contribution >= 4 is 0 Å². The Morgan fingerprint density at radius 3 is 2.00 bits per heavy atom. The van der Waals surface area contributed by atoms with Gasteiger partial charge in [-0.25, -0.2) is 0 Å². The molecule has 14 heavy (non-hydrogen) atoms. The Labute approximate surface area is 90.7 Å². The third-order valence-corrected chi connectivity index (χ3v) is 3.14. The number of hydrogen-bond acceptors (Lipinski definition) is 1. The summed E-state index contributed by atoms with van der Waals surface area (Å²) in [6, 6.07) is 0.633. The van der Waals surface area contributed by atoms with Gasteiger partial charge in [0.1, 0.15) is 0 Å². The van der Waals surface area contributed by atoms with Crippen molar-refractivity contribution in [3.05, 3.63) is 0 Å². The molecule has 0 bridgehead atoms. The lowest BCUT2D eigenvalue weighted by Crippen LogP contribution is -2.26. The van der Waals surface area contributed by atoms with Gasteiger partial charge < -0.3 is 5.32 Å². The van der Waals surface area contributed by atoms with Gasteiger partial charge in [0.05, 0.1) is 0 Å². The SMILES string of the molecule is CCCCC(C)C(C)CCNC(C)C. The fourth-order valence-corrected chi connectivity index (χ4v) is 1.69. The van der Waals surface area contributed by atoms with E-state index in [1.807, 2.05) is 0 Å². The van der Waals surface area contributed by atoms with Crippen LogP contribution in [-0.4, -0.2) is 12.6 Å². The Hall–Kier alpha value is -0.0400. The van der Waals surface area contributed by atoms with Crippen LogP contribution in [0.15, 0.2) is 0 Å². The maximum atomic E-state index is 3.49. The highest BCUT2D eigenvalue weighted by atomic mass is 14.9. The van der Waals surface area contributed by atoms with Crippen molar-refractivity contribution in [2.45, 2.75) is 66.3 Å². The van der Waals surface area contributed by atoms with Crippen LogP contribution in [0.3, 0.4) is 0 Å². The van der Waals surface area contributed by atoms with Gasteiger partial charge in [0.25, 0.3) is 0 Å². The highest BCUT2D eigenvalue weighted by Crippen LogP contribution is 2.20. The number of nitrogens with one attached hydrogen (secondary N) is 1. The first-order chi connectivity index (χ1) is 6.57. The molecule has 0 amide bonds. The zero-order chi connectivity index (χ0) is 11.0. The van der Waals surface area contributed by atoms with Crippen LogP contribution in [-0.2, 0) is 0 Å². The molecule has 0 aromatic heterocycles. The third kappa shape index (κ3) is 7.37. The highest BCUT2D eigenvalue weighted by molar-refractivity contribution is 4.64. The lowest BCUT2D eigenvalue weighted by molar-refractivity contribution is 0.328. The minimum Gasteiger partial charge on any atom is -0.315 e. The summed E-state index contributed by atoms with van der Waals surface area (Å²) in [5, 5.41) is 3.49. The second-order valence-electron chi connectivity index (χ2n) is 4.99. The molecule has 0 heterocycles. The summed E-state index contributed by atoms with van der Waals surface area (Å²) < 4.78 is 0. The molecule has 0 radical (unpaired) electrons. The van der Waals surface area contributed by atoms with Crippen molar-refractivity contribution in [1.29, 1.82) is 0 Å². The first-order valence-electron chi connectivity index (χ1n) is 6.31. The van der Waals surface area contributed by atoms with E-state index < -0.39 is 0 Å². The lowest BCUT2D eigenvalue weighted by Gasteiger charge is -2.20. The summed E-state index contributed by atoms with van der Waals surface area (Å²) >= 11 is 0. The number of unbranched alkanes of at least 4 members (excludes halogenated alkanes) is 1. The Bertz CT molecular complexity index is 120. The molecular weight excluding hydrogens is 170 g/mol. The maximum Gasteiger partial charge on any atom is 0.00103 e. The third-order valence-electron chi connectivity index (χ3n) is 3.14. The molecule has 0 aliphatic rings. The Balaban J connectivity index is 3.46. The first-order valence-corrected chi connectivity index (χ1v) is 6.31. The van der Waals surface area contributed by atoms with Gasteiger partial charge in [0.2, 0.25) is 0 Å². The molecule has 2 atom stereocenters. The summed E-state index contributed by atoms with van der Waals surface area (Å²) in [6.45, 7) is 12.7. The Morgan fingerprint density at radius 2 is 1.50 bits per heavy atom. The van der Waals surface area contributed by atoms with Gasteiger partial charge in [0, 0.05) is 6.04 Å². The maximum absolute atomic E-state index is 3.49. The molecule has 0 spiro atoms. The van der Waals surface area contributed by atoms with Crippen molar-refractivity contribution in [1.82, 2.24) is 5.32 Å². The van der Waals surface area contributed by atoms with E-state index in [1.165, 1.54) is 32.2 Å². The summed E-state index contributed by atoms with van der Waals surface area (Å²) in [7, 11) is 0. The summed E-state index contributed by atoms with van der Waals surface area (Å²) in [5.41, 5.74) is 0. The van der Waals surface area contributed by atoms with Crippen LogP contribution in [0.5, 0.6) is 0 Å². The summed E-state index contributed by atoms with van der Waals surface area (Å²) in [5.74, 6) is 1.76. The number of hydrogen-bond donors (Lipinski definition) is 1. The fraction of sp³-hybridized carbons (Fsp3) is 1.00. The average Bonchev–Trinajstić information content (AvgIpc) is 2.13. The van der Waals surface area contributed by atoms with Crippen molar-refractivity contribution in [2.75, 3.05) is 6.54 Å². The van der Waals surface area contributed by atoms with E-state index in [0.717, 1.165) is 11.8 Å². The van der Waals surface area contributed by atoms with Crippen LogP contribution in [0.25, 0.3) is 0 Å². The number of rotatable bonds is 8. The quantitative estimate of drug-likeness (QED) is 0.626. The second-order valence-corrected chi connectivity index (χ2v) is 4.99. The second kappa shape index (κ2) is 8.28. The van der Waals surface area contributed by atoms with E-state index in [9.17, 15) is 0 Å². The van der Waals surface area contributed by atoms with Gasteiger partial charge in [-0.3, -0.25) is 0 Å². The molecule has 1 nitrogen and oxygen atoms in total. The molecule has 1 heteroatoms. The molecule has 0 rings (SSSR count). The van der Waals surface area contributed by atoms with Crippen LogP contribution in [0.2, 0.25) is 0 Å². The van der Waals surface area contributed by atoms with E-state index in [2.05, 4.69) is 39.9 Å². The van der Waals surface area contributed by atoms with Gasteiger partial charge in [0.15, 0.2) is 0 Å². The van der Waals surface area contributed by atoms with E-state index in [-0.39, 0.29) is 0 Å². The van der Waals surface area contributed by atoms with E-state index in [4.69, 9.17) is 0 Å². The Morgan fingerprint density at radius 1 is 0.929 bits per heavy atom. The zero-order valence-electron chi connectivity index (χ0n) is 10.8. The van der Waals surface area contributed by atoms with Crippen LogP contribution in [0.1, 0.15) is 60.3 Å². The largest absolute Gasteiger partial charge is 0.315 e. The van der Waals surface area contributed by atoms with E-state index in [0.29, 0.717) is 6.04 Å². The van der Waals surface area contributed by atoms with Gasteiger partial charge in [-0.1, -0.05) is 53.9 Å². The molecule has 0 aromatic carbocycles. The average molecular weight is 199 g/mol. The van der Waals surface area contributed by atoms with Gasteiger partial charge in [-0.05, 0) is 24.8 Å². The summed E-state index contributed by atoms with van der Waals surface area (Å²) in [6.07, 6.45) is 5.45. The smallest absolute Gasteiger partial charge is 0.00103 e. The predicted molar refractivity (Wildman–Crippen MR) is 65.6 cm³/mol. The molecule has 1 N–H and O–H groups in total. The van der Waals surface area contributed by atoms with Crippen molar-refractivity contribution in [2.24, 2.45) is 11.8 Å². The minimum atomic E-state index is 0.633. The normalized spacial score (nSPS) is 15.9. The molecule has 86 valence electrons. The predicted octanol–water partition coefficient (Wildman–Crippen LogP) is 3.84. The van der Waals surface area contributed by atoms with Crippen molar-refractivity contribution < 1.29 is 0 Å². The van der Waals surface area contributed by atoms with Crippen LogP contribution in [0.4, 0.5) is 0 Å². The monoisotopic (exact) mass is 199 g/mol. The van der Waals surface area contributed by atoms with Gasteiger partial charge >= 0.3 is 0 Å². The van der Waals surface area contributed by atoms with Gasteiger partial charge in [-0.15, -0.1) is 0 Å². The standard InChI is InChI=1S/C13H29N/c1-6-7-8-12(4)13(5)9-10-14-11(2)3/h11-14H,6-10H2,1-5H3. The molecule has 0 saturated carbocycles. The topological polar surface area (TPSA) is 12.0 Å². The highest BCUT2D eigenvalue weighted by Gasteiger charge is 2.11. The first kappa shape index (κ1) is 14.0. The van der Waals surface area contributed by atoms with E-state index in [1.54, 1.807) is 0 Å². The van der Waals surface area contributed by atoms with E-state index >= 15 is 0 Å². The molecule has 0 aliphatic heterocycles. The van der Waals surface area contributed by atoms with Crippen molar-refractivity contribution in [3.8, 4) is 0 Å². The molecule has 2 unspecified atom stereocenters. The molecule has 0 aromatic rings. The molecular formula is C13H29N. The Kier molecular flexibility index (Phi) is 8.26. The van der Waals surface area contributed by atoms with Gasteiger partial charge in [-0.2, -0.15) is 0 Å². The molecule has 0 aliphatic carbocycles. The fourth-order valence-electron chi connectivity index (χ4n) is 1.69. The summed E-state index contributed by atoms with van der Waals surface area (Å²) in [4.78, 5) is 0. The van der Waals surface area contributed by atoms with Crippen LogP contribution >= 0.6 is 0 Å². The molecule has 0 fully saturated rings. The zero-order valence-corrected chi connectivity index (χ0v) is 10.8. The molecule has 0 saturated heterocycles. The minimum absolute atomic E-state index is 0.633. The van der Waals surface area contributed by atoms with Crippen LogP contribution in [0, 0.1) is 11.8 Å². The van der Waals surface area contributed by atoms with Crippen molar-refractivity contribution in [3.63, 3.8) is 0 Å². The van der Waals surface area contributed by atoms with Crippen LogP contribution < -0.4 is 5.32 Å².